The van der Waals surface area contributed by atoms with Crippen molar-refractivity contribution in [2.45, 2.75) is 0 Å². The lowest BCUT2D eigenvalue weighted by Crippen LogP contribution is -2.00. The lowest BCUT2D eigenvalue weighted by Gasteiger charge is -2.11. The number of hydrogen-bond donors (Lipinski definition) is 0. The van der Waals surface area contributed by atoms with Gasteiger partial charge in [0, 0.05) is 50.0 Å². The van der Waals surface area contributed by atoms with Crippen molar-refractivity contribution in [3.05, 3.63) is 218 Å². The van der Waals surface area contributed by atoms with Crippen molar-refractivity contribution in [1.82, 2.24) is 19.5 Å². The summed E-state index contributed by atoms with van der Waals surface area (Å²) in [5, 5.41) is 4.37. The molecule has 0 aliphatic rings. The number of benzene rings is 9. The van der Waals surface area contributed by atoms with Crippen LogP contribution in [-0.2, 0) is 0 Å². The second-order valence-corrected chi connectivity index (χ2v) is 15.6. The van der Waals surface area contributed by atoms with Crippen molar-refractivity contribution >= 4 is 43.7 Å². The van der Waals surface area contributed by atoms with Crippen LogP contribution in [0.1, 0.15) is 0 Å². The van der Waals surface area contributed by atoms with Crippen molar-refractivity contribution in [3.8, 4) is 73.2 Å². The molecule has 9 aromatic carbocycles. The van der Waals surface area contributed by atoms with E-state index in [0.717, 1.165) is 77.6 Å². The molecule has 0 atom stereocenters. The molecule has 62 heavy (non-hydrogen) atoms. The van der Waals surface area contributed by atoms with E-state index in [4.69, 9.17) is 19.4 Å². The quantitative estimate of drug-likeness (QED) is 0.161. The minimum Gasteiger partial charge on any atom is -0.456 e. The molecule has 5 nitrogen and oxygen atoms in total. The maximum Gasteiger partial charge on any atom is 0.164 e. The fraction of sp³-hybridized carbons (Fsp3) is 0. The highest BCUT2D eigenvalue weighted by Gasteiger charge is 2.20. The van der Waals surface area contributed by atoms with Crippen LogP contribution in [0.25, 0.3) is 117 Å². The summed E-state index contributed by atoms with van der Waals surface area (Å²) in [5.74, 6) is 1.78. The van der Waals surface area contributed by atoms with Gasteiger partial charge in [-0.1, -0.05) is 182 Å². The summed E-state index contributed by atoms with van der Waals surface area (Å²) in [6, 6.07) is 76.3. The Labute approximate surface area is 357 Å². The fourth-order valence-electron chi connectivity index (χ4n) is 8.84. The predicted octanol–water partition coefficient (Wildman–Crippen LogP) is 14.9. The third kappa shape index (κ3) is 6.14. The lowest BCUT2D eigenvalue weighted by atomic mass is 10.0. The highest BCUT2D eigenvalue weighted by molar-refractivity contribution is 6.13. The normalized spacial score (nSPS) is 11.5. The Kier molecular flexibility index (Phi) is 8.42. The van der Waals surface area contributed by atoms with Gasteiger partial charge in [0.25, 0.3) is 0 Å². The largest absolute Gasteiger partial charge is 0.456 e. The van der Waals surface area contributed by atoms with Crippen LogP contribution >= 0.6 is 0 Å². The maximum absolute atomic E-state index is 6.73. The topological polar surface area (TPSA) is 56.7 Å². The van der Waals surface area contributed by atoms with Crippen molar-refractivity contribution in [3.63, 3.8) is 0 Å². The lowest BCUT2D eigenvalue weighted by molar-refractivity contribution is 0.668. The minimum atomic E-state index is 0.581. The Morgan fingerprint density at radius 1 is 0.306 bits per heavy atom. The standard InChI is InChI=1S/C57H36N4O/c1-4-13-37(14-5-1)40-23-27-42(28-24-40)55-58-56(43-29-25-41(26-30-43)38-15-6-2-7-16-38)60-57(59-55)49-20-12-22-52-54(49)48-34-32-45(36-53(48)62-52)61-50-21-11-10-19-46(50)47-33-31-44(35-51(47)61)39-17-8-3-9-18-39/h1-36H. The van der Waals surface area contributed by atoms with E-state index < -0.39 is 0 Å². The molecule has 0 fully saturated rings. The van der Waals surface area contributed by atoms with Gasteiger partial charge in [0.1, 0.15) is 11.2 Å². The van der Waals surface area contributed by atoms with Gasteiger partial charge >= 0.3 is 0 Å². The van der Waals surface area contributed by atoms with Crippen LogP contribution in [0.3, 0.4) is 0 Å². The molecule has 0 unspecified atom stereocenters. The van der Waals surface area contributed by atoms with Crippen LogP contribution < -0.4 is 0 Å². The van der Waals surface area contributed by atoms with E-state index in [9.17, 15) is 0 Å². The van der Waals surface area contributed by atoms with E-state index in [0.29, 0.717) is 17.5 Å². The molecule has 0 spiro atoms. The molecule has 0 bridgehead atoms. The molecular formula is C57H36N4O. The number of hydrogen-bond acceptors (Lipinski definition) is 4. The van der Waals surface area contributed by atoms with E-state index in [1.54, 1.807) is 0 Å². The van der Waals surface area contributed by atoms with Crippen LogP contribution in [-0.4, -0.2) is 19.5 Å². The van der Waals surface area contributed by atoms with Crippen LogP contribution in [0.4, 0.5) is 0 Å². The molecular weight excluding hydrogens is 757 g/mol. The number of fused-ring (bicyclic) bond motifs is 6. The smallest absolute Gasteiger partial charge is 0.164 e. The second kappa shape index (κ2) is 14.7. The van der Waals surface area contributed by atoms with Gasteiger partial charge in [-0.2, -0.15) is 0 Å². The van der Waals surface area contributed by atoms with E-state index in [1.165, 1.54) is 21.9 Å². The van der Waals surface area contributed by atoms with Crippen LogP contribution in [0.5, 0.6) is 0 Å². The molecule has 0 amide bonds. The fourth-order valence-corrected chi connectivity index (χ4v) is 8.84. The Morgan fingerprint density at radius 2 is 0.790 bits per heavy atom. The van der Waals surface area contributed by atoms with Crippen LogP contribution in [0.2, 0.25) is 0 Å². The van der Waals surface area contributed by atoms with Gasteiger partial charge in [0.05, 0.1) is 11.0 Å². The molecule has 0 N–H and O–H groups in total. The minimum absolute atomic E-state index is 0.581. The van der Waals surface area contributed by atoms with Gasteiger partial charge in [-0.3, -0.25) is 0 Å². The summed E-state index contributed by atoms with van der Waals surface area (Å²) in [6.45, 7) is 0. The molecule has 0 aliphatic heterocycles. The Bertz CT molecular complexity index is 3490. The summed E-state index contributed by atoms with van der Waals surface area (Å²) in [6.07, 6.45) is 0. The summed E-state index contributed by atoms with van der Waals surface area (Å²) in [4.78, 5) is 15.5. The van der Waals surface area contributed by atoms with Gasteiger partial charge in [-0.05, 0) is 63.7 Å². The zero-order chi connectivity index (χ0) is 41.0. The second-order valence-electron chi connectivity index (χ2n) is 15.6. The highest BCUT2D eigenvalue weighted by atomic mass is 16.3. The van der Waals surface area contributed by atoms with E-state index in [2.05, 4.69) is 199 Å². The first-order valence-electron chi connectivity index (χ1n) is 20.8. The average molecular weight is 793 g/mol. The van der Waals surface area contributed by atoms with Crippen molar-refractivity contribution in [2.24, 2.45) is 0 Å². The molecule has 3 aromatic heterocycles. The van der Waals surface area contributed by atoms with E-state index in [-0.39, 0.29) is 0 Å². The van der Waals surface area contributed by atoms with Gasteiger partial charge in [0.15, 0.2) is 17.5 Å². The molecule has 290 valence electrons. The van der Waals surface area contributed by atoms with Gasteiger partial charge < -0.3 is 8.98 Å². The van der Waals surface area contributed by atoms with Gasteiger partial charge in [0.2, 0.25) is 0 Å². The SMILES string of the molecule is c1ccc(-c2ccc(-c3nc(-c4ccc(-c5ccccc5)cc4)nc(-c4cccc5oc6cc(-n7c8ccccc8c8ccc(-c9ccccc9)cc87)ccc6c45)n3)cc2)cc1. The first-order valence-corrected chi connectivity index (χ1v) is 20.8. The van der Waals surface area contributed by atoms with Gasteiger partial charge in [-0.25, -0.2) is 15.0 Å². The predicted molar refractivity (Wildman–Crippen MR) is 254 cm³/mol. The van der Waals surface area contributed by atoms with E-state index in [1.807, 2.05) is 24.3 Å². The van der Waals surface area contributed by atoms with Crippen LogP contribution in [0, 0.1) is 0 Å². The monoisotopic (exact) mass is 792 g/mol. The van der Waals surface area contributed by atoms with E-state index >= 15 is 0 Å². The van der Waals surface area contributed by atoms with Crippen molar-refractivity contribution in [2.75, 3.05) is 0 Å². The van der Waals surface area contributed by atoms with Crippen molar-refractivity contribution < 1.29 is 4.42 Å². The molecule has 0 saturated heterocycles. The zero-order valence-corrected chi connectivity index (χ0v) is 33.5. The first kappa shape index (κ1) is 35.5. The molecule has 0 saturated carbocycles. The molecule has 3 heterocycles. The van der Waals surface area contributed by atoms with Gasteiger partial charge in [-0.15, -0.1) is 0 Å². The van der Waals surface area contributed by atoms with Crippen LogP contribution in [0.15, 0.2) is 223 Å². The third-order valence-electron chi connectivity index (χ3n) is 11.9. The summed E-state index contributed by atoms with van der Waals surface area (Å²) in [7, 11) is 0. The summed E-state index contributed by atoms with van der Waals surface area (Å²) < 4.78 is 9.07. The number of para-hydroxylation sites is 1. The highest BCUT2D eigenvalue weighted by Crippen LogP contribution is 2.40. The average Bonchev–Trinajstić information content (AvgIpc) is 3.90. The molecule has 0 radical (unpaired) electrons. The third-order valence-corrected chi connectivity index (χ3v) is 11.9. The van der Waals surface area contributed by atoms with Crippen molar-refractivity contribution in [1.29, 1.82) is 0 Å². The first-order chi connectivity index (χ1) is 30.7. The summed E-state index contributed by atoms with van der Waals surface area (Å²) >= 11 is 0. The number of nitrogens with zero attached hydrogens (tertiary/aromatic N) is 4. The zero-order valence-electron chi connectivity index (χ0n) is 33.5. The molecule has 12 rings (SSSR count). The number of aromatic nitrogens is 4. The number of rotatable bonds is 7. The Hall–Kier alpha value is -8.41. The molecule has 0 aliphatic carbocycles. The Balaban J connectivity index is 1.01. The Morgan fingerprint density at radius 3 is 1.42 bits per heavy atom. The maximum atomic E-state index is 6.73. The molecule has 5 heteroatoms. The summed E-state index contributed by atoms with van der Waals surface area (Å²) in [5.41, 5.74) is 14.5. The number of furan rings is 1. The molecule has 12 aromatic rings.